The van der Waals surface area contributed by atoms with Gasteiger partial charge >= 0.3 is 0 Å². The van der Waals surface area contributed by atoms with Crippen LogP contribution < -0.4 is 4.90 Å². The lowest BCUT2D eigenvalue weighted by atomic mass is 10.0. The van der Waals surface area contributed by atoms with Gasteiger partial charge in [0.25, 0.3) is 5.91 Å². The summed E-state index contributed by atoms with van der Waals surface area (Å²) in [5, 5.41) is 5.81. The van der Waals surface area contributed by atoms with Crippen LogP contribution in [-0.4, -0.2) is 25.3 Å². The topological polar surface area (TPSA) is 41.9 Å². The van der Waals surface area contributed by atoms with E-state index >= 15 is 0 Å². The summed E-state index contributed by atoms with van der Waals surface area (Å²) in [6, 6.07) is 11.9. The predicted molar refractivity (Wildman–Crippen MR) is 85.0 cm³/mol. The molecule has 108 valence electrons. The number of amides is 1. The predicted octanol–water partition coefficient (Wildman–Crippen LogP) is 3.08. The third-order valence-corrected chi connectivity index (χ3v) is 4.20. The summed E-state index contributed by atoms with van der Waals surface area (Å²) in [6.07, 6.45) is 3.64. The number of thiophene rings is 1. The Kier molecular flexibility index (Phi) is 4.31. The molecule has 2 heterocycles. The Morgan fingerprint density at radius 1 is 1.33 bits per heavy atom. The highest BCUT2D eigenvalue weighted by atomic mass is 32.1. The van der Waals surface area contributed by atoms with E-state index < -0.39 is 0 Å². The van der Waals surface area contributed by atoms with E-state index in [-0.39, 0.29) is 12.5 Å². The van der Waals surface area contributed by atoms with Crippen LogP contribution in [0.25, 0.3) is 0 Å². The monoisotopic (exact) mass is 300 g/mol. The van der Waals surface area contributed by atoms with Crippen LogP contribution in [0.3, 0.4) is 0 Å². The second kappa shape index (κ2) is 6.54. The lowest BCUT2D eigenvalue weighted by molar-refractivity contribution is -0.123. The maximum absolute atomic E-state index is 12.3. The van der Waals surface area contributed by atoms with E-state index in [1.54, 1.807) is 22.5 Å². The first kappa shape index (κ1) is 13.8. The zero-order chi connectivity index (χ0) is 14.5. The smallest absolute Gasteiger partial charge is 0.267 e. The van der Waals surface area contributed by atoms with Gasteiger partial charge in [-0.25, -0.2) is 0 Å². The number of hydrogen-bond acceptors (Lipinski definition) is 4. The van der Waals surface area contributed by atoms with Gasteiger partial charge in [-0.3, -0.25) is 4.79 Å². The Hall–Kier alpha value is -2.14. The minimum absolute atomic E-state index is 0.0315. The molecule has 1 aliphatic heterocycles. The minimum Gasteiger partial charge on any atom is -0.386 e. The van der Waals surface area contributed by atoms with Crippen LogP contribution in [0, 0.1) is 0 Å². The molecule has 0 N–H and O–H groups in total. The molecule has 2 aromatic rings. The molecule has 3 rings (SSSR count). The molecule has 5 heteroatoms. The Morgan fingerprint density at radius 2 is 2.24 bits per heavy atom. The summed E-state index contributed by atoms with van der Waals surface area (Å²) >= 11 is 1.58. The van der Waals surface area contributed by atoms with Gasteiger partial charge in [0.15, 0.2) is 6.61 Å². The van der Waals surface area contributed by atoms with Crippen molar-refractivity contribution in [2.75, 3.05) is 18.1 Å². The molecule has 1 amide bonds. The average Bonchev–Trinajstić information content (AvgIpc) is 3.04. The molecule has 0 fully saturated rings. The van der Waals surface area contributed by atoms with Crippen molar-refractivity contribution in [3.05, 3.63) is 52.2 Å². The number of benzene rings is 1. The molecule has 0 spiro atoms. The molecule has 1 aromatic carbocycles. The fourth-order valence-electron chi connectivity index (χ4n) is 2.42. The van der Waals surface area contributed by atoms with E-state index in [0.29, 0.717) is 0 Å². The number of aryl methyl sites for hydroxylation is 1. The maximum atomic E-state index is 12.3. The van der Waals surface area contributed by atoms with Gasteiger partial charge in [0.1, 0.15) is 0 Å². The van der Waals surface area contributed by atoms with Gasteiger partial charge < -0.3 is 9.74 Å². The lowest BCUT2D eigenvalue weighted by Crippen LogP contribution is -2.37. The fourth-order valence-corrected chi connectivity index (χ4v) is 2.99. The van der Waals surface area contributed by atoms with Crippen LogP contribution in [0.2, 0.25) is 0 Å². The van der Waals surface area contributed by atoms with Crippen molar-refractivity contribution in [2.24, 2.45) is 5.16 Å². The van der Waals surface area contributed by atoms with Crippen LogP contribution in [0.1, 0.15) is 16.9 Å². The molecule has 21 heavy (non-hydrogen) atoms. The summed E-state index contributed by atoms with van der Waals surface area (Å²) in [7, 11) is 0. The molecular weight excluding hydrogens is 284 g/mol. The van der Waals surface area contributed by atoms with Crippen LogP contribution in [-0.2, 0) is 16.1 Å². The van der Waals surface area contributed by atoms with Gasteiger partial charge in [-0.15, -0.1) is 11.3 Å². The molecule has 0 atom stereocenters. The third-order valence-electron chi connectivity index (χ3n) is 3.40. The largest absolute Gasteiger partial charge is 0.386 e. The molecule has 0 saturated heterocycles. The van der Waals surface area contributed by atoms with Crippen LogP contribution in [0.15, 0.2) is 46.9 Å². The summed E-state index contributed by atoms with van der Waals surface area (Å²) < 4.78 is 0. The molecule has 0 saturated carbocycles. The Bertz CT molecular complexity index is 637. The van der Waals surface area contributed by atoms with Crippen molar-refractivity contribution in [2.45, 2.75) is 12.8 Å². The SMILES string of the molecule is O=C(CO/N=C/c1cccs1)N1CCCc2ccccc21. The number of rotatable bonds is 4. The Labute approximate surface area is 127 Å². The van der Waals surface area contributed by atoms with E-state index in [2.05, 4.69) is 11.2 Å². The molecule has 4 nitrogen and oxygen atoms in total. The number of nitrogens with zero attached hydrogens (tertiary/aromatic N) is 2. The van der Waals surface area contributed by atoms with Crippen molar-refractivity contribution in [1.29, 1.82) is 0 Å². The third kappa shape index (κ3) is 3.31. The normalized spacial score (nSPS) is 14.2. The summed E-state index contributed by atoms with van der Waals surface area (Å²) in [5.41, 5.74) is 2.22. The highest BCUT2D eigenvalue weighted by molar-refractivity contribution is 7.11. The first-order valence-electron chi connectivity index (χ1n) is 6.92. The average molecular weight is 300 g/mol. The number of para-hydroxylation sites is 1. The van der Waals surface area contributed by atoms with Crippen molar-refractivity contribution in [1.82, 2.24) is 0 Å². The summed E-state index contributed by atoms with van der Waals surface area (Å²) in [5.74, 6) is -0.0505. The molecular formula is C16H16N2O2S. The molecule has 1 aliphatic rings. The molecule has 0 unspecified atom stereocenters. The van der Waals surface area contributed by atoms with E-state index in [9.17, 15) is 4.79 Å². The second-order valence-electron chi connectivity index (χ2n) is 4.80. The number of carbonyl (C=O) groups is 1. The fraction of sp³-hybridized carbons (Fsp3) is 0.250. The molecule has 0 radical (unpaired) electrons. The number of hydrogen-bond donors (Lipinski definition) is 0. The maximum Gasteiger partial charge on any atom is 0.267 e. The minimum atomic E-state index is -0.0505. The number of carbonyl (C=O) groups excluding carboxylic acids is 1. The van der Waals surface area contributed by atoms with E-state index in [0.717, 1.165) is 30.0 Å². The van der Waals surface area contributed by atoms with Crippen molar-refractivity contribution < 1.29 is 9.63 Å². The molecule has 0 aliphatic carbocycles. The number of anilines is 1. The van der Waals surface area contributed by atoms with Crippen molar-refractivity contribution in [3.63, 3.8) is 0 Å². The van der Waals surface area contributed by atoms with Crippen LogP contribution in [0.4, 0.5) is 5.69 Å². The first-order valence-corrected chi connectivity index (χ1v) is 7.79. The zero-order valence-electron chi connectivity index (χ0n) is 11.6. The zero-order valence-corrected chi connectivity index (χ0v) is 12.4. The first-order chi connectivity index (χ1) is 10.3. The summed E-state index contributed by atoms with van der Waals surface area (Å²) in [6.45, 7) is 0.712. The Morgan fingerprint density at radius 3 is 3.10 bits per heavy atom. The second-order valence-corrected chi connectivity index (χ2v) is 5.78. The lowest BCUT2D eigenvalue weighted by Gasteiger charge is -2.28. The number of oxime groups is 1. The van der Waals surface area contributed by atoms with E-state index in [4.69, 9.17) is 4.84 Å². The highest BCUT2D eigenvalue weighted by Crippen LogP contribution is 2.26. The van der Waals surface area contributed by atoms with Gasteiger partial charge in [0, 0.05) is 17.1 Å². The number of fused-ring (bicyclic) bond motifs is 1. The summed E-state index contributed by atoms with van der Waals surface area (Å²) in [4.78, 5) is 20.2. The molecule has 0 bridgehead atoms. The van der Waals surface area contributed by atoms with E-state index in [1.165, 1.54) is 5.56 Å². The van der Waals surface area contributed by atoms with Crippen molar-refractivity contribution >= 4 is 29.1 Å². The van der Waals surface area contributed by atoms with Crippen molar-refractivity contribution in [3.8, 4) is 0 Å². The van der Waals surface area contributed by atoms with Crippen LogP contribution in [0.5, 0.6) is 0 Å². The standard InChI is InChI=1S/C16H16N2O2S/c19-16(12-20-17-11-14-7-4-10-21-14)18-9-3-6-13-5-1-2-8-15(13)18/h1-2,4-5,7-8,10-11H,3,6,9,12H2/b17-11+. The quantitative estimate of drug-likeness (QED) is 0.643. The highest BCUT2D eigenvalue weighted by Gasteiger charge is 2.22. The van der Waals surface area contributed by atoms with E-state index in [1.807, 2.05) is 35.7 Å². The van der Waals surface area contributed by atoms with Gasteiger partial charge in [0.2, 0.25) is 0 Å². The van der Waals surface area contributed by atoms with Gasteiger partial charge in [0.05, 0.1) is 6.21 Å². The Balaban J connectivity index is 1.59. The van der Waals surface area contributed by atoms with Gasteiger partial charge in [-0.2, -0.15) is 0 Å². The van der Waals surface area contributed by atoms with Gasteiger partial charge in [-0.05, 0) is 35.9 Å². The van der Waals surface area contributed by atoms with Crippen LogP contribution >= 0.6 is 11.3 Å². The molecule has 1 aromatic heterocycles. The van der Waals surface area contributed by atoms with Gasteiger partial charge in [-0.1, -0.05) is 29.4 Å².